The van der Waals surface area contributed by atoms with Gasteiger partial charge in [-0.25, -0.2) is 0 Å². The first-order chi connectivity index (χ1) is 11.9. The zero-order valence-corrected chi connectivity index (χ0v) is 15.5. The highest BCUT2D eigenvalue weighted by Crippen LogP contribution is 2.20. The van der Waals surface area contributed by atoms with Crippen molar-refractivity contribution in [2.45, 2.75) is 32.7 Å². The monoisotopic (exact) mass is 351 g/mol. The molecule has 2 aliphatic heterocycles. The average molecular weight is 351 g/mol. The molecule has 0 bridgehead atoms. The van der Waals surface area contributed by atoms with Gasteiger partial charge in [0.25, 0.3) is 0 Å². The van der Waals surface area contributed by atoms with E-state index in [-0.39, 0.29) is 11.3 Å². The SMILES string of the molecule is CC(C)(C)c1nc(CN2CCN(C(=O)CN3CCOCC3)CC2)no1. The summed E-state index contributed by atoms with van der Waals surface area (Å²) in [7, 11) is 0. The standard InChI is InChI=1S/C17H29N5O3/c1-17(2,3)16-18-14(19-25-16)12-20-4-6-22(7-5-20)15(23)13-21-8-10-24-11-9-21/h4-13H2,1-3H3. The molecule has 0 atom stereocenters. The van der Waals surface area contributed by atoms with Crippen LogP contribution in [0.5, 0.6) is 0 Å². The molecule has 2 fully saturated rings. The fourth-order valence-corrected chi connectivity index (χ4v) is 3.03. The maximum absolute atomic E-state index is 12.4. The molecular formula is C17H29N5O3. The fourth-order valence-electron chi connectivity index (χ4n) is 3.03. The highest BCUT2D eigenvalue weighted by Gasteiger charge is 2.26. The summed E-state index contributed by atoms with van der Waals surface area (Å²) in [6.45, 7) is 13.7. The smallest absolute Gasteiger partial charge is 0.236 e. The first kappa shape index (κ1) is 18.3. The van der Waals surface area contributed by atoms with Gasteiger partial charge in [-0.05, 0) is 0 Å². The van der Waals surface area contributed by atoms with Gasteiger partial charge in [-0.2, -0.15) is 4.98 Å². The third-order valence-corrected chi connectivity index (χ3v) is 4.66. The maximum atomic E-state index is 12.4. The molecule has 0 radical (unpaired) electrons. The molecule has 8 heteroatoms. The summed E-state index contributed by atoms with van der Waals surface area (Å²) in [5, 5.41) is 4.08. The average Bonchev–Trinajstić information content (AvgIpc) is 3.05. The summed E-state index contributed by atoms with van der Waals surface area (Å²) >= 11 is 0. The molecule has 1 amide bonds. The van der Waals surface area contributed by atoms with Crippen LogP contribution in [-0.2, 0) is 21.5 Å². The van der Waals surface area contributed by atoms with Gasteiger partial charge in [0, 0.05) is 44.7 Å². The van der Waals surface area contributed by atoms with Gasteiger partial charge in [-0.15, -0.1) is 0 Å². The van der Waals surface area contributed by atoms with Crippen LogP contribution in [0.2, 0.25) is 0 Å². The van der Waals surface area contributed by atoms with Crippen molar-refractivity contribution in [2.24, 2.45) is 0 Å². The van der Waals surface area contributed by atoms with E-state index >= 15 is 0 Å². The quantitative estimate of drug-likeness (QED) is 0.774. The van der Waals surface area contributed by atoms with E-state index in [2.05, 4.69) is 40.7 Å². The van der Waals surface area contributed by atoms with Crippen molar-refractivity contribution in [1.82, 2.24) is 24.8 Å². The van der Waals surface area contributed by atoms with Gasteiger partial charge in [0.15, 0.2) is 5.82 Å². The number of morpholine rings is 1. The van der Waals surface area contributed by atoms with Crippen molar-refractivity contribution in [3.05, 3.63) is 11.7 Å². The van der Waals surface area contributed by atoms with Gasteiger partial charge >= 0.3 is 0 Å². The molecule has 25 heavy (non-hydrogen) atoms. The molecule has 3 rings (SSSR count). The minimum absolute atomic E-state index is 0.129. The van der Waals surface area contributed by atoms with Crippen LogP contribution < -0.4 is 0 Å². The summed E-state index contributed by atoms with van der Waals surface area (Å²) in [6, 6.07) is 0. The number of aromatic nitrogens is 2. The molecule has 0 unspecified atom stereocenters. The minimum Gasteiger partial charge on any atom is -0.379 e. The van der Waals surface area contributed by atoms with Crippen molar-refractivity contribution in [1.29, 1.82) is 0 Å². The van der Waals surface area contributed by atoms with Gasteiger partial charge in [0.2, 0.25) is 11.8 Å². The zero-order chi connectivity index (χ0) is 17.9. The molecule has 0 spiro atoms. The van der Waals surface area contributed by atoms with Gasteiger partial charge in [0.1, 0.15) is 0 Å². The van der Waals surface area contributed by atoms with Gasteiger partial charge < -0.3 is 14.2 Å². The van der Waals surface area contributed by atoms with E-state index in [1.54, 1.807) is 0 Å². The first-order valence-electron chi connectivity index (χ1n) is 9.05. The molecule has 0 aliphatic carbocycles. The maximum Gasteiger partial charge on any atom is 0.236 e. The van der Waals surface area contributed by atoms with Crippen molar-refractivity contribution >= 4 is 5.91 Å². The van der Waals surface area contributed by atoms with E-state index in [9.17, 15) is 4.79 Å². The van der Waals surface area contributed by atoms with E-state index in [4.69, 9.17) is 9.26 Å². The van der Waals surface area contributed by atoms with E-state index in [1.165, 1.54) is 0 Å². The van der Waals surface area contributed by atoms with Crippen LogP contribution in [0.15, 0.2) is 4.52 Å². The Labute approximate surface area is 149 Å². The summed E-state index contributed by atoms with van der Waals surface area (Å²) in [4.78, 5) is 23.3. The third-order valence-electron chi connectivity index (χ3n) is 4.66. The van der Waals surface area contributed by atoms with Crippen molar-refractivity contribution in [3.8, 4) is 0 Å². The zero-order valence-electron chi connectivity index (χ0n) is 15.5. The molecule has 8 nitrogen and oxygen atoms in total. The molecule has 140 valence electrons. The van der Waals surface area contributed by atoms with Crippen LogP contribution in [0, 0.1) is 0 Å². The number of carbonyl (C=O) groups excluding carboxylic acids is 1. The second-order valence-corrected chi connectivity index (χ2v) is 7.81. The predicted octanol–water partition coefficient (Wildman–Crippen LogP) is 0.344. The first-order valence-corrected chi connectivity index (χ1v) is 9.05. The molecule has 2 saturated heterocycles. The second kappa shape index (κ2) is 7.80. The largest absolute Gasteiger partial charge is 0.379 e. The molecule has 1 aromatic heterocycles. The van der Waals surface area contributed by atoms with Crippen molar-refractivity contribution in [3.63, 3.8) is 0 Å². The lowest BCUT2D eigenvalue weighted by Gasteiger charge is -2.35. The molecule has 0 aromatic carbocycles. The minimum atomic E-state index is -0.129. The molecule has 2 aliphatic rings. The number of hydrogen-bond acceptors (Lipinski definition) is 7. The number of ether oxygens (including phenoxy) is 1. The normalized spacial score (nSPS) is 20.8. The topological polar surface area (TPSA) is 74.9 Å². The molecule has 0 N–H and O–H groups in total. The Morgan fingerprint density at radius 3 is 2.32 bits per heavy atom. The lowest BCUT2D eigenvalue weighted by Crippen LogP contribution is -2.52. The third kappa shape index (κ3) is 4.99. The Morgan fingerprint density at radius 2 is 1.72 bits per heavy atom. The second-order valence-electron chi connectivity index (χ2n) is 7.81. The van der Waals surface area contributed by atoms with Gasteiger partial charge in [0.05, 0.1) is 26.3 Å². The number of nitrogens with zero attached hydrogens (tertiary/aromatic N) is 5. The summed E-state index contributed by atoms with van der Waals surface area (Å²) in [5.41, 5.74) is -0.129. The van der Waals surface area contributed by atoms with E-state index in [0.29, 0.717) is 19.0 Å². The van der Waals surface area contributed by atoms with Crippen LogP contribution in [0.4, 0.5) is 0 Å². The Morgan fingerprint density at radius 1 is 1.04 bits per heavy atom. The van der Waals surface area contributed by atoms with E-state index in [1.807, 2.05) is 4.90 Å². The number of carbonyl (C=O) groups is 1. The number of amides is 1. The lowest BCUT2D eigenvalue weighted by atomic mass is 9.97. The van der Waals surface area contributed by atoms with Crippen LogP contribution in [0.25, 0.3) is 0 Å². The van der Waals surface area contributed by atoms with Gasteiger partial charge in [-0.1, -0.05) is 25.9 Å². The van der Waals surface area contributed by atoms with E-state index in [0.717, 1.165) is 58.3 Å². The van der Waals surface area contributed by atoms with Crippen LogP contribution in [0.1, 0.15) is 32.5 Å². The fraction of sp³-hybridized carbons (Fsp3) is 0.824. The van der Waals surface area contributed by atoms with E-state index < -0.39 is 0 Å². The molecule has 1 aromatic rings. The number of hydrogen-bond donors (Lipinski definition) is 0. The van der Waals surface area contributed by atoms with Gasteiger partial charge in [-0.3, -0.25) is 14.6 Å². The summed E-state index contributed by atoms with van der Waals surface area (Å²) < 4.78 is 10.7. The highest BCUT2D eigenvalue weighted by atomic mass is 16.5. The Kier molecular flexibility index (Phi) is 5.71. The predicted molar refractivity (Wildman–Crippen MR) is 92.1 cm³/mol. The Bertz CT molecular complexity index is 569. The van der Waals surface area contributed by atoms with Crippen molar-refractivity contribution < 1.29 is 14.1 Å². The Balaban J connectivity index is 1.43. The lowest BCUT2D eigenvalue weighted by molar-refractivity contribution is -0.135. The summed E-state index contributed by atoms with van der Waals surface area (Å²) in [6.07, 6.45) is 0. The summed E-state index contributed by atoms with van der Waals surface area (Å²) in [5.74, 6) is 1.61. The van der Waals surface area contributed by atoms with Crippen LogP contribution in [-0.4, -0.2) is 89.8 Å². The highest BCUT2D eigenvalue weighted by molar-refractivity contribution is 5.78. The Hall–Kier alpha value is -1.51. The molecular weight excluding hydrogens is 322 g/mol. The molecule has 0 saturated carbocycles. The number of piperazine rings is 1. The van der Waals surface area contributed by atoms with Crippen molar-refractivity contribution in [2.75, 3.05) is 59.0 Å². The molecule has 3 heterocycles. The van der Waals surface area contributed by atoms with Crippen LogP contribution in [0.3, 0.4) is 0 Å². The van der Waals surface area contributed by atoms with Crippen LogP contribution >= 0.6 is 0 Å². The number of rotatable bonds is 4.